The first kappa shape index (κ1) is 12.0. The molecule has 0 spiro atoms. The fourth-order valence-electron chi connectivity index (χ4n) is 1.84. The zero-order valence-electron chi connectivity index (χ0n) is 15.9. The Kier molecular flexibility index (Phi) is 3.10. The zero-order valence-corrected chi connectivity index (χ0v) is 12.9. The molecule has 0 aromatic carbocycles. The Hall–Kier alpha value is -2.57. The third-order valence-electron chi connectivity index (χ3n) is 2.67. The van der Waals surface area contributed by atoms with Crippen molar-refractivity contribution in [2.24, 2.45) is 0 Å². The Morgan fingerprint density at radius 3 is 2.77 bits per heavy atom. The van der Waals surface area contributed by atoms with Crippen LogP contribution in [0.3, 0.4) is 0 Å². The summed E-state index contributed by atoms with van der Waals surface area (Å²) >= 11 is 0. The van der Waals surface area contributed by atoms with Gasteiger partial charge in [0, 0.05) is 11.8 Å². The van der Waals surface area contributed by atoms with E-state index in [9.17, 15) is 4.79 Å². The van der Waals surface area contributed by atoms with Crippen LogP contribution in [-0.4, -0.2) is 33.5 Å². The standard InChI is InChI=1S/C15H20N4O3/c1-9-6-7-10(13(17-9)21-5)11-8-12(16)18-19(11)14(20)22-15(2,3)4/h6-8H,1-5H3,(H2,16,18)/i5D3. The number of rotatable bonds is 2. The molecule has 22 heavy (non-hydrogen) atoms. The number of aryl methyl sites for hydroxylation is 1. The van der Waals surface area contributed by atoms with E-state index in [1.54, 1.807) is 39.8 Å². The molecule has 118 valence electrons. The van der Waals surface area contributed by atoms with Gasteiger partial charge in [0.2, 0.25) is 5.88 Å². The number of nitrogen functional groups attached to an aromatic ring is 1. The number of hydrogen-bond donors (Lipinski definition) is 1. The van der Waals surface area contributed by atoms with Crippen LogP contribution >= 0.6 is 0 Å². The Bertz CT molecular complexity index is 794. The van der Waals surface area contributed by atoms with E-state index in [0.717, 1.165) is 4.68 Å². The maximum absolute atomic E-state index is 12.4. The van der Waals surface area contributed by atoms with Crippen LogP contribution in [0.25, 0.3) is 11.3 Å². The molecule has 0 fully saturated rings. The largest absolute Gasteiger partial charge is 0.480 e. The lowest BCUT2D eigenvalue weighted by Crippen LogP contribution is -2.28. The number of anilines is 1. The topological polar surface area (TPSA) is 92.3 Å². The highest BCUT2D eigenvalue weighted by Crippen LogP contribution is 2.30. The molecule has 0 radical (unpaired) electrons. The lowest BCUT2D eigenvalue weighted by molar-refractivity contribution is 0.0518. The van der Waals surface area contributed by atoms with Crippen molar-refractivity contribution in [2.75, 3.05) is 12.8 Å². The van der Waals surface area contributed by atoms with Crippen LogP contribution in [0.5, 0.6) is 5.88 Å². The minimum atomic E-state index is -2.70. The molecular formula is C15H20N4O3. The molecule has 2 rings (SSSR count). The lowest BCUT2D eigenvalue weighted by atomic mass is 10.2. The molecule has 2 aromatic heterocycles. The lowest BCUT2D eigenvalue weighted by Gasteiger charge is -2.19. The predicted molar refractivity (Wildman–Crippen MR) is 82.8 cm³/mol. The number of hydrogen-bond acceptors (Lipinski definition) is 6. The normalized spacial score (nSPS) is 13.9. The predicted octanol–water partition coefficient (Wildman–Crippen LogP) is 2.63. The molecule has 2 N–H and O–H groups in total. The summed E-state index contributed by atoms with van der Waals surface area (Å²) in [5.41, 5.74) is 6.01. The Morgan fingerprint density at radius 2 is 2.14 bits per heavy atom. The molecule has 0 unspecified atom stereocenters. The van der Waals surface area contributed by atoms with E-state index in [2.05, 4.69) is 10.1 Å². The van der Waals surface area contributed by atoms with Crippen LogP contribution in [0.4, 0.5) is 10.6 Å². The van der Waals surface area contributed by atoms with Gasteiger partial charge in [-0.05, 0) is 39.8 Å². The number of nitrogens with two attached hydrogens (primary N) is 1. The van der Waals surface area contributed by atoms with Gasteiger partial charge in [0.1, 0.15) is 11.4 Å². The molecule has 0 atom stereocenters. The van der Waals surface area contributed by atoms with Crippen LogP contribution in [0.2, 0.25) is 0 Å². The number of pyridine rings is 1. The summed E-state index contributed by atoms with van der Waals surface area (Å²) < 4.78 is 33.1. The highest BCUT2D eigenvalue weighted by Gasteiger charge is 2.23. The fourth-order valence-corrected chi connectivity index (χ4v) is 1.84. The van der Waals surface area contributed by atoms with Crippen molar-refractivity contribution in [2.45, 2.75) is 33.3 Å². The minimum Gasteiger partial charge on any atom is -0.480 e. The van der Waals surface area contributed by atoms with Crippen molar-refractivity contribution >= 4 is 11.9 Å². The monoisotopic (exact) mass is 307 g/mol. The highest BCUT2D eigenvalue weighted by atomic mass is 16.6. The molecule has 0 bridgehead atoms. The Labute approximate surface area is 133 Å². The average molecular weight is 307 g/mol. The summed E-state index contributed by atoms with van der Waals surface area (Å²) in [4.78, 5) is 16.5. The second kappa shape index (κ2) is 5.67. The van der Waals surface area contributed by atoms with Crippen LogP contribution in [-0.2, 0) is 4.74 Å². The van der Waals surface area contributed by atoms with Crippen LogP contribution in [0, 0.1) is 6.92 Å². The highest BCUT2D eigenvalue weighted by molar-refractivity contribution is 5.80. The summed E-state index contributed by atoms with van der Waals surface area (Å²) in [6.07, 6.45) is -0.750. The average Bonchev–Trinajstić information content (AvgIpc) is 2.77. The van der Waals surface area contributed by atoms with Gasteiger partial charge in [-0.25, -0.2) is 9.78 Å². The maximum atomic E-state index is 12.4. The van der Waals surface area contributed by atoms with Crippen molar-refractivity contribution in [1.82, 2.24) is 14.8 Å². The Balaban J connectivity index is 2.54. The first-order chi connectivity index (χ1) is 11.4. The van der Waals surface area contributed by atoms with Gasteiger partial charge in [0.05, 0.1) is 22.4 Å². The molecule has 2 heterocycles. The molecule has 0 saturated carbocycles. The molecule has 0 aliphatic rings. The zero-order chi connectivity index (χ0) is 19.0. The van der Waals surface area contributed by atoms with Crippen molar-refractivity contribution in [3.63, 3.8) is 0 Å². The summed E-state index contributed by atoms with van der Waals surface area (Å²) in [6.45, 7) is 6.84. The Morgan fingerprint density at radius 1 is 1.41 bits per heavy atom. The van der Waals surface area contributed by atoms with Crippen molar-refractivity contribution < 1.29 is 18.4 Å². The fraction of sp³-hybridized carbons (Fsp3) is 0.400. The van der Waals surface area contributed by atoms with E-state index in [4.69, 9.17) is 19.3 Å². The third-order valence-corrected chi connectivity index (χ3v) is 2.67. The second-order valence-corrected chi connectivity index (χ2v) is 5.75. The first-order valence-electron chi connectivity index (χ1n) is 8.12. The number of methoxy groups -OCH3 is 1. The SMILES string of the molecule is [2H]C([2H])([2H])Oc1nc(C)ccc1-c1cc(N)nn1C(=O)OC(C)(C)C. The summed E-state index contributed by atoms with van der Waals surface area (Å²) in [5, 5.41) is 3.93. The van der Waals surface area contributed by atoms with Gasteiger partial charge in [-0.15, -0.1) is 5.10 Å². The number of ether oxygens (including phenoxy) is 2. The molecule has 2 aromatic rings. The van der Waals surface area contributed by atoms with Gasteiger partial charge in [-0.3, -0.25) is 0 Å². The van der Waals surface area contributed by atoms with E-state index >= 15 is 0 Å². The van der Waals surface area contributed by atoms with Gasteiger partial charge in [0.25, 0.3) is 0 Å². The number of carbonyl (C=O) groups is 1. The van der Waals surface area contributed by atoms with Crippen molar-refractivity contribution in [3.8, 4) is 17.1 Å². The molecule has 0 saturated heterocycles. The summed E-state index contributed by atoms with van der Waals surface area (Å²) in [5.74, 6) is -0.0778. The van der Waals surface area contributed by atoms with Crippen molar-refractivity contribution in [3.05, 3.63) is 23.9 Å². The van der Waals surface area contributed by atoms with Gasteiger partial charge < -0.3 is 15.2 Å². The van der Waals surface area contributed by atoms with Crippen LogP contribution in [0.15, 0.2) is 18.2 Å². The number of nitrogens with zero attached hydrogens (tertiary/aromatic N) is 3. The first-order valence-corrected chi connectivity index (χ1v) is 6.62. The van der Waals surface area contributed by atoms with E-state index in [1.165, 1.54) is 6.07 Å². The molecule has 7 nitrogen and oxygen atoms in total. The quantitative estimate of drug-likeness (QED) is 0.917. The van der Waals surface area contributed by atoms with Gasteiger partial charge in [-0.1, -0.05) is 0 Å². The third kappa shape index (κ3) is 3.36. The summed E-state index contributed by atoms with van der Waals surface area (Å²) in [7, 11) is -2.70. The molecule has 0 aliphatic heterocycles. The minimum absolute atomic E-state index is 0.0706. The second-order valence-electron chi connectivity index (χ2n) is 5.75. The van der Waals surface area contributed by atoms with Gasteiger partial charge >= 0.3 is 6.09 Å². The molecular weight excluding hydrogens is 284 g/mol. The molecule has 7 heteroatoms. The number of aromatic nitrogens is 3. The molecule has 0 amide bonds. The summed E-state index contributed by atoms with van der Waals surface area (Å²) in [6, 6.07) is 4.66. The van der Waals surface area contributed by atoms with Crippen molar-refractivity contribution in [1.29, 1.82) is 0 Å². The van der Waals surface area contributed by atoms with E-state index < -0.39 is 18.7 Å². The van der Waals surface area contributed by atoms with Crippen LogP contribution in [0.1, 0.15) is 30.6 Å². The van der Waals surface area contributed by atoms with Gasteiger partial charge in [-0.2, -0.15) is 4.68 Å². The van der Waals surface area contributed by atoms with E-state index in [1.807, 2.05) is 0 Å². The van der Waals surface area contributed by atoms with E-state index in [0.29, 0.717) is 5.69 Å². The number of carbonyl (C=O) groups excluding carboxylic acids is 1. The smallest absolute Gasteiger partial charge is 0.435 e. The molecule has 0 aliphatic carbocycles. The van der Waals surface area contributed by atoms with Crippen LogP contribution < -0.4 is 10.5 Å². The maximum Gasteiger partial charge on any atom is 0.435 e. The van der Waals surface area contributed by atoms with Gasteiger partial charge in [0.15, 0.2) is 0 Å². The van der Waals surface area contributed by atoms with E-state index in [-0.39, 0.29) is 23.0 Å².